The summed E-state index contributed by atoms with van der Waals surface area (Å²) in [4.78, 5) is 18.9. The molecule has 2 amide bonds. The van der Waals surface area contributed by atoms with E-state index in [1.165, 1.54) is 0 Å². The molecule has 7 heteroatoms. The van der Waals surface area contributed by atoms with Gasteiger partial charge in [0.1, 0.15) is 5.82 Å². The monoisotopic (exact) mass is 342 g/mol. The molecule has 3 heterocycles. The second-order valence-electron chi connectivity index (χ2n) is 6.52. The Labute approximate surface area is 148 Å². The van der Waals surface area contributed by atoms with Crippen molar-refractivity contribution >= 4 is 11.8 Å². The Balaban J connectivity index is 1.44. The summed E-state index contributed by atoms with van der Waals surface area (Å²) in [6, 6.07) is 8.01. The lowest BCUT2D eigenvalue weighted by Gasteiger charge is -2.34. The van der Waals surface area contributed by atoms with Crippen LogP contribution in [0.2, 0.25) is 0 Å². The number of hydrogen-bond acceptors (Lipinski definition) is 4. The fourth-order valence-electron chi connectivity index (χ4n) is 3.26. The fourth-order valence-corrected chi connectivity index (χ4v) is 3.26. The summed E-state index contributed by atoms with van der Waals surface area (Å²) >= 11 is 0. The summed E-state index contributed by atoms with van der Waals surface area (Å²) in [6.45, 7) is 4.37. The fraction of sp³-hybridized carbons (Fsp3) is 0.500. The molecular formula is C18H26N6O. The van der Waals surface area contributed by atoms with Crippen molar-refractivity contribution in [3.8, 4) is 0 Å². The van der Waals surface area contributed by atoms with Gasteiger partial charge in [0.05, 0.1) is 6.20 Å². The van der Waals surface area contributed by atoms with E-state index in [1.54, 1.807) is 6.20 Å². The van der Waals surface area contributed by atoms with Crippen LogP contribution in [0.4, 0.5) is 10.6 Å². The first kappa shape index (κ1) is 17.3. The van der Waals surface area contributed by atoms with Gasteiger partial charge >= 0.3 is 6.03 Å². The summed E-state index contributed by atoms with van der Waals surface area (Å²) in [6.07, 6.45) is 4.60. The number of amides is 2. The molecular weight excluding hydrogens is 316 g/mol. The van der Waals surface area contributed by atoms with Gasteiger partial charge in [0, 0.05) is 56.6 Å². The summed E-state index contributed by atoms with van der Waals surface area (Å²) in [7, 11) is 1.94. The number of nitrogens with zero attached hydrogens (tertiary/aromatic N) is 4. The van der Waals surface area contributed by atoms with Crippen molar-refractivity contribution in [2.75, 3.05) is 24.5 Å². The number of pyridine rings is 1. The molecule has 1 aliphatic heterocycles. The predicted molar refractivity (Wildman–Crippen MR) is 97.7 cm³/mol. The maximum Gasteiger partial charge on any atom is 0.315 e. The van der Waals surface area contributed by atoms with Crippen LogP contribution in [0.25, 0.3) is 0 Å². The van der Waals surface area contributed by atoms with E-state index in [-0.39, 0.29) is 12.1 Å². The average Bonchev–Trinajstić information content (AvgIpc) is 3.01. The normalized spacial score (nSPS) is 17.4. The zero-order valence-corrected chi connectivity index (χ0v) is 14.9. The predicted octanol–water partition coefficient (Wildman–Crippen LogP) is 1.63. The molecule has 2 aromatic rings. The van der Waals surface area contributed by atoms with Crippen LogP contribution in [0.15, 0.2) is 30.5 Å². The average molecular weight is 342 g/mol. The van der Waals surface area contributed by atoms with Gasteiger partial charge in [-0.15, -0.1) is 0 Å². The van der Waals surface area contributed by atoms with Crippen LogP contribution in [0.5, 0.6) is 0 Å². The summed E-state index contributed by atoms with van der Waals surface area (Å²) in [5, 5.41) is 10.2. The van der Waals surface area contributed by atoms with Crippen molar-refractivity contribution in [1.29, 1.82) is 0 Å². The number of anilines is 1. The van der Waals surface area contributed by atoms with Gasteiger partial charge in [-0.2, -0.15) is 5.10 Å². The molecule has 134 valence electrons. The molecule has 0 aliphatic carbocycles. The third-order valence-electron chi connectivity index (χ3n) is 4.49. The summed E-state index contributed by atoms with van der Waals surface area (Å²) in [5.41, 5.74) is 2.00. The van der Waals surface area contributed by atoms with Crippen LogP contribution in [-0.2, 0) is 13.5 Å². The minimum Gasteiger partial charge on any atom is -0.355 e. The molecule has 0 spiro atoms. The highest BCUT2D eigenvalue weighted by Gasteiger charge is 2.22. The van der Waals surface area contributed by atoms with E-state index in [0.717, 1.165) is 49.6 Å². The first-order chi connectivity index (χ1) is 12.1. The van der Waals surface area contributed by atoms with Gasteiger partial charge in [-0.3, -0.25) is 9.67 Å². The van der Waals surface area contributed by atoms with Crippen molar-refractivity contribution in [3.63, 3.8) is 0 Å². The van der Waals surface area contributed by atoms with E-state index in [9.17, 15) is 4.79 Å². The number of carbonyl (C=O) groups is 1. The van der Waals surface area contributed by atoms with Crippen LogP contribution in [0, 0.1) is 6.92 Å². The highest BCUT2D eigenvalue weighted by Crippen LogP contribution is 2.18. The van der Waals surface area contributed by atoms with Crippen LogP contribution >= 0.6 is 0 Å². The molecule has 0 aromatic carbocycles. The Bertz CT molecular complexity index is 713. The minimum absolute atomic E-state index is 0.107. The van der Waals surface area contributed by atoms with Gasteiger partial charge in [0.15, 0.2) is 0 Å². The molecule has 2 N–H and O–H groups in total. The van der Waals surface area contributed by atoms with Crippen molar-refractivity contribution in [1.82, 2.24) is 25.4 Å². The number of nitrogens with one attached hydrogen (secondary N) is 2. The van der Waals surface area contributed by atoms with Gasteiger partial charge in [-0.05, 0) is 31.9 Å². The van der Waals surface area contributed by atoms with Crippen molar-refractivity contribution in [2.45, 2.75) is 32.2 Å². The molecule has 2 aromatic heterocycles. The molecule has 1 atom stereocenters. The maximum absolute atomic E-state index is 12.1. The number of hydrogen-bond donors (Lipinski definition) is 2. The van der Waals surface area contributed by atoms with Gasteiger partial charge in [-0.1, -0.05) is 6.07 Å². The first-order valence-electron chi connectivity index (χ1n) is 8.81. The van der Waals surface area contributed by atoms with Crippen molar-refractivity contribution in [2.24, 2.45) is 7.05 Å². The number of carbonyl (C=O) groups excluding carboxylic acids is 1. The highest BCUT2D eigenvalue weighted by molar-refractivity contribution is 5.74. The third-order valence-corrected chi connectivity index (χ3v) is 4.49. The van der Waals surface area contributed by atoms with Gasteiger partial charge < -0.3 is 15.5 Å². The van der Waals surface area contributed by atoms with Gasteiger partial charge in [0.25, 0.3) is 0 Å². The molecule has 1 saturated heterocycles. The molecule has 3 rings (SSSR count). The lowest BCUT2D eigenvalue weighted by Crippen LogP contribution is -2.51. The second-order valence-corrected chi connectivity index (χ2v) is 6.52. The molecule has 0 unspecified atom stereocenters. The smallest absolute Gasteiger partial charge is 0.315 e. The van der Waals surface area contributed by atoms with Crippen LogP contribution in [0.3, 0.4) is 0 Å². The van der Waals surface area contributed by atoms with E-state index in [1.807, 2.05) is 42.9 Å². The van der Waals surface area contributed by atoms with Gasteiger partial charge in [-0.25, -0.2) is 4.79 Å². The maximum atomic E-state index is 12.1. The van der Waals surface area contributed by atoms with Crippen LogP contribution in [-0.4, -0.2) is 46.5 Å². The Morgan fingerprint density at radius 2 is 2.24 bits per heavy atom. The molecule has 0 radical (unpaired) electrons. The lowest BCUT2D eigenvalue weighted by molar-refractivity contribution is 0.235. The molecule has 7 nitrogen and oxygen atoms in total. The van der Waals surface area contributed by atoms with Gasteiger partial charge in [0.2, 0.25) is 0 Å². The van der Waals surface area contributed by atoms with Crippen LogP contribution in [0.1, 0.15) is 24.2 Å². The number of urea groups is 1. The van der Waals surface area contributed by atoms with Crippen LogP contribution < -0.4 is 15.5 Å². The zero-order chi connectivity index (χ0) is 17.6. The van der Waals surface area contributed by atoms with E-state index in [4.69, 9.17) is 0 Å². The van der Waals surface area contributed by atoms with Crippen molar-refractivity contribution in [3.05, 3.63) is 41.9 Å². The second kappa shape index (κ2) is 8.00. The Morgan fingerprint density at radius 3 is 3.00 bits per heavy atom. The molecule has 0 saturated carbocycles. The zero-order valence-electron chi connectivity index (χ0n) is 14.9. The number of rotatable bonds is 5. The lowest BCUT2D eigenvalue weighted by atomic mass is 10.1. The molecule has 0 bridgehead atoms. The Morgan fingerprint density at radius 1 is 1.36 bits per heavy atom. The quantitative estimate of drug-likeness (QED) is 0.866. The number of aryl methyl sites for hydroxylation is 2. The Hall–Kier alpha value is -2.57. The first-order valence-corrected chi connectivity index (χ1v) is 8.81. The van der Waals surface area contributed by atoms with E-state index in [2.05, 4.69) is 25.6 Å². The SMILES string of the molecule is Cc1cccc(CCNC(=O)N[C@@H]2CCCN(c3ccnn3C)C2)n1. The number of piperidine rings is 1. The molecule has 1 fully saturated rings. The summed E-state index contributed by atoms with van der Waals surface area (Å²) in [5.74, 6) is 1.09. The topological polar surface area (TPSA) is 75.1 Å². The third kappa shape index (κ3) is 4.71. The standard InChI is InChI=1S/C18H26N6O/c1-14-5-3-6-15(21-14)8-10-19-18(25)22-16-7-4-12-24(13-16)17-9-11-20-23(17)2/h3,5-6,9,11,16H,4,7-8,10,12-13H2,1-2H3,(H2,19,22,25)/t16-/m1/s1. The van der Waals surface area contributed by atoms with Crippen molar-refractivity contribution < 1.29 is 4.79 Å². The Kier molecular flexibility index (Phi) is 5.53. The van der Waals surface area contributed by atoms with E-state index < -0.39 is 0 Å². The molecule has 25 heavy (non-hydrogen) atoms. The largest absolute Gasteiger partial charge is 0.355 e. The summed E-state index contributed by atoms with van der Waals surface area (Å²) < 4.78 is 1.87. The number of aromatic nitrogens is 3. The minimum atomic E-state index is -0.107. The van der Waals surface area contributed by atoms with E-state index in [0.29, 0.717) is 6.54 Å². The molecule has 1 aliphatic rings. The van der Waals surface area contributed by atoms with E-state index >= 15 is 0 Å². The highest BCUT2D eigenvalue weighted by atomic mass is 16.2.